The summed E-state index contributed by atoms with van der Waals surface area (Å²) < 4.78 is 18.9. The maximum absolute atomic E-state index is 13.4. The molecule has 6 nitrogen and oxygen atoms in total. The Hall–Kier alpha value is -2.77. The summed E-state index contributed by atoms with van der Waals surface area (Å²) in [7, 11) is 0. The van der Waals surface area contributed by atoms with Gasteiger partial charge in [0.15, 0.2) is 0 Å². The predicted octanol–water partition coefficient (Wildman–Crippen LogP) is 2.67. The lowest BCUT2D eigenvalue weighted by Gasteiger charge is -2.35. The van der Waals surface area contributed by atoms with Gasteiger partial charge >= 0.3 is 0 Å². The van der Waals surface area contributed by atoms with E-state index in [0.717, 1.165) is 24.2 Å². The van der Waals surface area contributed by atoms with Crippen LogP contribution >= 0.6 is 0 Å². The summed E-state index contributed by atoms with van der Waals surface area (Å²) in [5.41, 5.74) is 3.19. The number of halogens is 1. The Morgan fingerprint density at radius 1 is 1.12 bits per heavy atom. The largest absolute Gasteiger partial charge is 0.379 e. The smallest absolute Gasteiger partial charge is 0.225 e. The normalized spacial score (nSPS) is 20.4. The molecule has 2 aliphatic rings. The van der Waals surface area contributed by atoms with Gasteiger partial charge in [-0.1, -0.05) is 42.0 Å². The third-order valence-corrected chi connectivity index (χ3v) is 6.29. The lowest BCUT2D eigenvalue weighted by Crippen LogP contribution is -2.45. The van der Waals surface area contributed by atoms with Crippen molar-refractivity contribution in [2.45, 2.75) is 25.9 Å². The molecule has 2 aliphatic heterocycles. The summed E-state index contributed by atoms with van der Waals surface area (Å²) in [6.07, 6.45) is 0.233. The van der Waals surface area contributed by atoms with Gasteiger partial charge in [0.05, 0.1) is 25.2 Å². The number of carbonyl (C=O) groups is 2. The molecular weight excluding hydrogens is 409 g/mol. The second kappa shape index (κ2) is 10.2. The molecular formula is C25H30FN3O3. The number of nitrogens with one attached hydrogen (secondary N) is 1. The van der Waals surface area contributed by atoms with E-state index >= 15 is 0 Å². The van der Waals surface area contributed by atoms with Gasteiger partial charge in [0.2, 0.25) is 11.8 Å². The molecule has 2 amide bonds. The molecule has 170 valence electrons. The highest BCUT2D eigenvalue weighted by Gasteiger charge is 2.34. The molecule has 4 rings (SSSR count). The molecule has 32 heavy (non-hydrogen) atoms. The van der Waals surface area contributed by atoms with Gasteiger partial charge in [0.25, 0.3) is 0 Å². The molecule has 0 spiro atoms. The molecule has 0 aromatic heterocycles. The van der Waals surface area contributed by atoms with Gasteiger partial charge in [-0.15, -0.1) is 0 Å². The van der Waals surface area contributed by atoms with E-state index in [9.17, 15) is 14.0 Å². The maximum Gasteiger partial charge on any atom is 0.225 e. The second-order valence-electron chi connectivity index (χ2n) is 8.62. The van der Waals surface area contributed by atoms with Crippen molar-refractivity contribution >= 4 is 11.8 Å². The van der Waals surface area contributed by atoms with E-state index in [2.05, 4.69) is 10.2 Å². The summed E-state index contributed by atoms with van der Waals surface area (Å²) in [5, 5.41) is 3.05. The number of ether oxygens (including phenoxy) is 1. The molecule has 2 saturated heterocycles. The summed E-state index contributed by atoms with van der Waals surface area (Å²) in [6, 6.07) is 14.5. The maximum atomic E-state index is 13.4. The van der Waals surface area contributed by atoms with Crippen LogP contribution in [0, 0.1) is 18.7 Å². The first kappa shape index (κ1) is 22.4. The summed E-state index contributed by atoms with van der Waals surface area (Å²) in [6.45, 7) is 6.17. The average molecular weight is 440 g/mol. The van der Waals surface area contributed by atoms with E-state index in [1.54, 1.807) is 17.0 Å². The Morgan fingerprint density at radius 2 is 1.81 bits per heavy atom. The SMILES string of the molecule is Cc1ccc(CN2CC(C(=O)NCC(c3ccc(F)cc3)N3CCOCC3)CC2=O)cc1. The lowest BCUT2D eigenvalue weighted by atomic mass is 10.0. The predicted molar refractivity (Wildman–Crippen MR) is 119 cm³/mol. The molecule has 0 bridgehead atoms. The number of carbonyl (C=O) groups excluding carboxylic acids is 2. The first-order valence-electron chi connectivity index (χ1n) is 11.2. The number of rotatable bonds is 7. The van der Waals surface area contributed by atoms with Crippen molar-refractivity contribution in [3.63, 3.8) is 0 Å². The fraction of sp³-hybridized carbons (Fsp3) is 0.440. The zero-order chi connectivity index (χ0) is 22.5. The van der Waals surface area contributed by atoms with Gasteiger partial charge in [-0.05, 0) is 30.2 Å². The van der Waals surface area contributed by atoms with Crippen molar-refractivity contribution in [1.82, 2.24) is 15.1 Å². The number of benzene rings is 2. The van der Waals surface area contributed by atoms with E-state index in [1.165, 1.54) is 17.7 Å². The van der Waals surface area contributed by atoms with Crippen LogP contribution in [0.15, 0.2) is 48.5 Å². The van der Waals surface area contributed by atoms with E-state index in [4.69, 9.17) is 4.74 Å². The number of likely N-dealkylation sites (tertiary alicyclic amines) is 1. The van der Waals surface area contributed by atoms with Crippen LogP contribution in [0.4, 0.5) is 4.39 Å². The minimum atomic E-state index is -0.355. The van der Waals surface area contributed by atoms with Crippen molar-refractivity contribution < 1.29 is 18.7 Å². The van der Waals surface area contributed by atoms with Crippen LogP contribution in [0.5, 0.6) is 0 Å². The molecule has 2 heterocycles. The quantitative estimate of drug-likeness (QED) is 0.721. The first-order valence-corrected chi connectivity index (χ1v) is 11.2. The average Bonchev–Trinajstić information content (AvgIpc) is 3.17. The Kier molecular flexibility index (Phi) is 7.17. The standard InChI is InChI=1S/C25H30FN3O3/c1-18-2-4-19(5-3-18)16-29-17-21(14-24(29)30)25(31)27-15-23(28-10-12-32-13-11-28)20-6-8-22(26)9-7-20/h2-9,21,23H,10-17H2,1H3,(H,27,31). The Balaban J connectivity index is 1.36. The molecule has 0 saturated carbocycles. The van der Waals surface area contributed by atoms with E-state index in [-0.39, 0.29) is 36.0 Å². The lowest BCUT2D eigenvalue weighted by molar-refractivity contribution is -0.129. The molecule has 1 N–H and O–H groups in total. The first-order chi connectivity index (χ1) is 15.5. The number of morpholine rings is 1. The number of hydrogen-bond acceptors (Lipinski definition) is 4. The molecule has 0 radical (unpaired) electrons. The van der Waals surface area contributed by atoms with Gasteiger partial charge < -0.3 is 15.0 Å². The van der Waals surface area contributed by atoms with E-state index in [0.29, 0.717) is 32.8 Å². The zero-order valence-electron chi connectivity index (χ0n) is 18.4. The number of nitrogens with zero attached hydrogens (tertiary/aromatic N) is 2. The summed E-state index contributed by atoms with van der Waals surface area (Å²) >= 11 is 0. The topological polar surface area (TPSA) is 61.9 Å². The fourth-order valence-corrected chi connectivity index (χ4v) is 4.39. The van der Waals surface area contributed by atoms with Crippen LogP contribution in [0.3, 0.4) is 0 Å². The van der Waals surface area contributed by atoms with Gasteiger partial charge in [-0.3, -0.25) is 14.5 Å². The Morgan fingerprint density at radius 3 is 2.50 bits per heavy atom. The Labute approximate surface area is 188 Å². The van der Waals surface area contributed by atoms with Gasteiger partial charge in [-0.2, -0.15) is 0 Å². The highest BCUT2D eigenvalue weighted by molar-refractivity contribution is 5.89. The molecule has 2 aromatic rings. The second-order valence-corrected chi connectivity index (χ2v) is 8.62. The Bertz CT molecular complexity index is 926. The van der Waals surface area contributed by atoms with E-state index in [1.807, 2.05) is 31.2 Å². The van der Waals surface area contributed by atoms with Crippen molar-refractivity contribution in [1.29, 1.82) is 0 Å². The van der Waals surface area contributed by atoms with Crippen molar-refractivity contribution in [2.24, 2.45) is 5.92 Å². The molecule has 0 aliphatic carbocycles. The number of hydrogen-bond donors (Lipinski definition) is 1. The third-order valence-electron chi connectivity index (χ3n) is 6.29. The van der Waals surface area contributed by atoms with Crippen LogP contribution in [0.1, 0.15) is 29.2 Å². The van der Waals surface area contributed by atoms with Crippen LogP contribution in [-0.4, -0.2) is 61.0 Å². The van der Waals surface area contributed by atoms with E-state index < -0.39 is 0 Å². The van der Waals surface area contributed by atoms with Crippen LogP contribution in [0.2, 0.25) is 0 Å². The van der Waals surface area contributed by atoms with Crippen molar-refractivity contribution in [3.8, 4) is 0 Å². The highest BCUT2D eigenvalue weighted by Crippen LogP contribution is 2.24. The molecule has 2 unspecified atom stereocenters. The van der Waals surface area contributed by atoms with Crippen LogP contribution in [-0.2, 0) is 20.9 Å². The summed E-state index contributed by atoms with van der Waals surface area (Å²) in [4.78, 5) is 29.4. The van der Waals surface area contributed by atoms with Crippen molar-refractivity contribution in [3.05, 3.63) is 71.0 Å². The number of amides is 2. The van der Waals surface area contributed by atoms with Gasteiger partial charge in [0, 0.05) is 39.1 Å². The molecule has 2 fully saturated rings. The minimum absolute atomic E-state index is 0.00832. The minimum Gasteiger partial charge on any atom is -0.379 e. The van der Waals surface area contributed by atoms with Gasteiger partial charge in [0.1, 0.15) is 5.82 Å². The molecule has 2 atom stereocenters. The fourth-order valence-electron chi connectivity index (χ4n) is 4.39. The van der Waals surface area contributed by atoms with Crippen LogP contribution < -0.4 is 5.32 Å². The van der Waals surface area contributed by atoms with Gasteiger partial charge in [-0.25, -0.2) is 4.39 Å². The highest BCUT2D eigenvalue weighted by atomic mass is 19.1. The van der Waals surface area contributed by atoms with Crippen LogP contribution in [0.25, 0.3) is 0 Å². The molecule has 7 heteroatoms. The van der Waals surface area contributed by atoms with Crippen molar-refractivity contribution in [2.75, 3.05) is 39.4 Å². The monoisotopic (exact) mass is 439 g/mol. The zero-order valence-corrected chi connectivity index (χ0v) is 18.4. The third kappa shape index (κ3) is 5.53. The molecule has 2 aromatic carbocycles. The summed E-state index contributed by atoms with van der Waals surface area (Å²) in [5.74, 6) is -0.734. The number of aryl methyl sites for hydroxylation is 1.